The lowest BCUT2D eigenvalue weighted by Gasteiger charge is -2.22. The third-order valence-electron chi connectivity index (χ3n) is 2.63. The van der Waals surface area contributed by atoms with Crippen LogP contribution in [0.1, 0.15) is 14.7 Å². The van der Waals surface area contributed by atoms with Crippen molar-refractivity contribution < 1.29 is 9.90 Å². The number of nitrogen functional groups attached to an aromatic ring is 1. The Labute approximate surface area is 115 Å². The number of aryl methyl sites for hydroxylation is 1. The second-order valence-corrected chi connectivity index (χ2v) is 5.22. The van der Waals surface area contributed by atoms with Gasteiger partial charge in [-0.05, 0) is 19.1 Å². The summed E-state index contributed by atoms with van der Waals surface area (Å²) in [5, 5.41) is 9.97. The van der Waals surface area contributed by atoms with Gasteiger partial charge in [-0.15, -0.1) is 11.3 Å². The molecule has 3 N–H and O–H groups in total. The van der Waals surface area contributed by atoms with Crippen molar-refractivity contribution in [1.82, 2.24) is 4.98 Å². The van der Waals surface area contributed by atoms with Crippen molar-refractivity contribution in [2.75, 3.05) is 23.8 Å². The predicted octanol–water partition coefficient (Wildman–Crippen LogP) is 1.67. The van der Waals surface area contributed by atoms with Crippen LogP contribution in [-0.2, 0) is 0 Å². The largest absolute Gasteiger partial charge is 0.397 e. The molecule has 6 heteroatoms. The van der Waals surface area contributed by atoms with Crippen molar-refractivity contribution in [3.63, 3.8) is 0 Å². The highest BCUT2D eigenvalue weighted by atomic mass is 32.1. The van der Waals surface area contributed by atoms with Crippen LogP contribution in [0, 0.1) is 6.92 Å². The van der Waals surface area contributed by atoms with E-state index in [2.05, 4.69) is 4.98 Å². The molecule has 1 heterocycles. The van der Waals surface area contributed by atoms with Gasteiger partial charge in [0, 0.05) is 6.54 Å². The zero-order valence-corrected chi connectivity index (χ0v) is 11.4. The van der Waals surface area contributed by atoms with Crippen molar-refractivity contribution in [2.45, 2.75) is 6.92 Å². The molecule has 0 saturated heterocycles. The Morgan fingerprint density at radius 2 is 2.21 bits per heavy atom. The summed E-state index contributed by atoms with van der Waals surface area (Å²) in [4.78, 5) is 18.5. The Balaban J connectivity index is 2.35. The molecule has 1 amide bonds. The van der Waals surface area contributed by atoms with Crippen molar-refractivity contribution >= 4 is 28.6 Å². The number of carbonyl (C=O) groups excluding carboxylic acids is 1. The number of para-hydroxylation sites is 2. The number of anilines is 2. The number of aliphatic hydroxyl groups excluding tert-OH is 1. The number of rotatable bonds is 4. The summed E-state index contributed by atoms with van der Waals surface area (Å²) in [6.45, 7) is 1.91. The molecular formula is C13H15N3O2S. The van der Waals surface area contributed by atoms with Crippen LogP contribution >= 0.6 is 11.3 Å². The molecular weight excluding hydrogens is 262 g/mol. The van der Waals surface area contributed by atoms with E-state index in [1.165, 1.54) is 16.2 Å². The Hall–Kier alpha value is -1.92. The zero-order valence-electron chi connectivity index (χ0n) is 10.5. The lowest BCUT2D eigenvalue weighted by molar-refractivity contribution is 0.0985. The van der Waals surface area contributed by atoms with Crippen molar-refractivity contribution in [2.24, 2.45) is 0 Å². The molecule has 100 valence electrons. The molecule has 0 aliphatic rings. The maximum absolute atomic E-state index is 12.4. The van der Waals surface area contributed by atoms with Crippen molar-refractivity contribution in [3.8, 4) is 0 Å². The van der Waals surface area contributed by atoms with Gasteiger partial charge in [-0.3, -0.25) is 4.79 Å². The van der Waals surface area contributed by atoms with E-state index in [0.717, 1.165) is 5.01 Å². The lowest BCUT2D eigenvalue weighted by atomic mass is 10.2. The lowest BCUT2D eigenvalue weighted by Crippen LogP contribution is -2.33. The predicted molar refractivity (Wildman–Crippen MR) is 76.5 cm³/mol. The molecule has 5 nitrogen and oxygen atoms in total. The number of carbonyl (C=O) groups is 1. The standard InChI is InChI=1S/C13H15N3O2S/c1-9-15-8-12(19-9)13(18)16(6-7-17)11-5-3-2-4-10(11)14/h2-5,8,17H,6-7,14H2,1H3. The van der Waals surface area contributed by atoms with Gasteiger partial charge in [-0.25, -0.2) is 4.98 Å². The van der Waals surface area contributed by atoms with Gasteiger partial charge < -0.3 is 15.7 Å². The Morgan fingerprint density at radius 1 is 1.47 bits per heavy atom. The van der Waals surface area contributed by atoms with Gasteiger partial charge >= 0.3 is 0 Å². The summed E-state index contributed by atoms with van der Waals surface area (Å²) in [7, 11) is 0. The van der Waals surface area contributed by atoms with E-state index in [4.69, 9.17) is 10.8 Å². The van der Waals surface area contributed by atoms with Gasteiger partial charge in [0.15, 0.2) is 0 Å². The number of benzene rings is 1. The maximum atomic E-state index is 12.4. The highest BCUT2D eigenvalue weighted by molar-refractivity contribution is 7.13. The minimum Gasteiger partial charge on any atom is -0.397 e. The van der Waals surface area contributed by atoms with E-state index < -0.39 is 0 Å². The minimum atomic E-state index is -0.197. The number of thiazole rings is 1. The first-order chi connectivity index (χ1) is 9.13. The first-order valence-electron chi connectivity index (χ1n) is 5.83. The van der Waals surface area contributed by atoms with Crippen LogP contribution in [0.2, 0.25) is 0 Å². The van der Waals surface area contributed by atoms with E-state index >= 15 is 0 Å². The summed E-state index contributed by atoms with van der Waals surface area (Å²) in [6.07, 6.45) is 1.55. The third kappa shape index (κ3) is 2.91. The van der Waals surface area contributed by atoms with Crippen molar-refractivity contribution in [1.29, 1.82) is 0 Å². The van der Waals surface area contributed by atoms with Gasteiger partial charge in [-0.2, -0.15) is 0 Å². The minimum absolute atomic E-state index is 0.127. The average molecular weight is 277 g/mol. The molecule has 1 aromatic carbocycles. The summed E-state index contributed by atoms with van der Waals surface area (Å²) >= 11 is 1.33. The summed E-state index contributed by atoms with van der Waals surface area (Å²) in [6, 6.07) is 7.10. The Bertz CT molecular complexity index is 583. The van der Waals surface area contributed by atoms with E-state index in [9.17, 15) is 4.79 Å². The fourth-order valence-corrected chi connectivity index (χ4v) is 2.48. The molecule has 0 aliphatic heterocycles. The number of aromatic nitrogens is 1. The van der Waals surface area contributed by atoms with Crippen molar-refractivity contribution in [3.05, 3.63) is 40.3 Å². The van der Waals surface area contributed by atoms with E-state index in [-0.39, 0.29) is 19.1 Å². The van der Waals surface area contributed by atoms with Gasteiger partial charge in [0.1, 0.15) is 4.88 Å². The molecule has 19 heavy (non-hydrogen) atoms. The quantitative estimate of drug-likeness (QED) is 0.833. The second kappa shape index (κ2) is 5.81. The first-order valence-corrected chi connectivity index (χ1v) is 6.65. The smallest absolute Gasteiger partial charge is 0.270 e. The van der Waals surface area contributed by atoms with E-state index in [0.29, 0.717) is 16.3 Å². The molecule has 0 unspecified atom stereocenters. The highest BCUT2D eigenvalue weighted by Gasteiger charge is 2.20. The molecule has 2 aromatic rings. The fraction of sp³-hybridized carbons (Fsp3) is 0.231. The maximum Gasteiger partial charge on any atom is 0.270 e. The molecule has 0 fully saturated rings. The molecule has 0 bridgehead atoms. The molecule has 1 aromatic heterocycles. The fourth-order valence-electron chi connectivity index (χ4n) is 1.76. The SMILES string of the molecule is Cc1ncc(C(=O)N(CCO)c2ccccc2N)s1. The van der Waals surface area contributed by atoms with Crippen LogP contribution in [0.4, 0.5) is 11.4 Å². The first kappa shape index (κ1) is 13.5. The number of nitrogens with zero attached hydrogens (tertiary/aromatic N) is 2. The van der Waals surface area contributed by atoms with Crippen LogP contribution in [0.15, 0.2) is 30.5 Å². The number of hydrogen-bond acceptors (Lipinski definition) is 5. The normalized spacial score (nSPS) is 10.4. The topological polar surface area (TPSA) is 79.5 Å². The van der Waals surface area contributed by atoms with E-state index in [1.54, 1.807) is 30.5 Å². The molecule has 0 spiro atoms. The van der Waals surface area contributed by atoms with Crippen LogP contribution < -0.4 is 10.6 Å². The Kier molecular flexibility index (Phi) is 4.13. The molecule has 0 radical (unpaired) electrons. The second-order valence-electron chi connectivity index (χ2n) is 3.98. The summed E-state index contributed by atoms with van der Waals surface area (Å²) in [5.41, 5.74) is 6.99. The third-order valence-corrected chi connectivity index (χ3v) is 3.53. The number of nitrogens with two attached hydrogens (primary N) is 1. The van der Waals surface area contributed by atoms with Gasteiger partial charge in [0.05, 0.1) is 29.2 Å². The Morgan fingerprint density at radius 3 is 2.79 bits per heavy atom. The van der Waals surface area contributed by atoms with Gasteiger partial charge in [-0.1, -0.05) is 12.1 Å². The van der Waals surface area contributed by atoms with E-state index in [1.807, 2.05) is 6.92 Å². The van der Waals surface area contributed by atoms with Crippen LogP contribution in [0.25, 0.3) is 0 Å². The van der Waals surface area contributed by atoms with Crippen LogP contribution in [-0.4, -0.2) is 29.1 Å². The molecule has 0 aliphatic carbocycles. The molecule has 2 rings (SSSR count). The summed E-state index contributed by atoms with van der Waals surface area (Å²) < 4.78 is 0. The average Bonchev–Trinajstić information content (AvgIpc) is 2.83. The monoisotopic (exact) mass is 277 g/mol. The number of hydrogen-bond donors (Lipinski definition) is 2. The van der Waals surface area contributed by atoms with Crippen LogP contribution in [0.5, 0.6) is 0 Å². The molecule has 0 atom stereocenters. The highest BCUT2D eigenvalue weighted by Crippen LogP contribution is 2.25. The van der Waals surface area contributed by atoms with Crippen LogP contribution in [0.3, 0.4) is 0 Å². The summed E-state index contributed by atoms with van der Waals surface area (Å²) in [5.74, 6) is -0.197. The zero-order chi connectivity index (χ0) is 13.8. The number of aliphatic hydroxyl groups is 1. The van der Waals surface area contributed by atoms with Gasteiger partial charge in [0.25, 0.3) is 5.91 Å². The number of amides is 1. The van der Waals surface area contributed by atoms with Gasteiger partial charge in [0.2, 0.25) is 0 Å². The molecule has 0 saturated carbocycles.